The van der Waals surface area contributed by atoms with Crippen LogP contribution in [0.3, 0.4) is 0 Å². The predicted molar refractivity (Wildman–Crippen MR) is 423 cm³/mol. The number of aliphatic hydroxyl groups excluding tert-OH is 1. The number of unbranched alkanes of at least 4 members (excludes halogenated alkanes) is 46. The summed E-state index contributed by atoms with van der Waals surface area (Å²) in [6.45, 7) is 14.3. The lowest BCUT2D eigenvalue weighted by atomic mass is 10.00. The number of ether oxygens (including phenoxy) is 4. The number of aliphatic hydroxyl groups is 1. The third-order valence-electron chi connectivity index (χ3n) is 19.9. The molecular formula is C84H164O17P2. The van der Waals surface area contributed by atoms with Crippen molar-refractivity contribution in [2.75, 3.05) is 39.6 Å². The molecule has 0 aromatic carbocycles. The maximum absolute atomic E-state index is 13.1. The van der Waals surface area contributed by atoms with Gasteiger partial charge in [0, 0.05) is 25.7 Å². The van der Waals surface area contributed by atoms with E-state index in [4.69, 9.17) is 37.0 Å². The van der Waals surface area contributed by atoms with Crippen molar-refractivity contribution in [2.24, 2.45) is 23.7 Å². The third-order valence-corrected chi connectivity index (χ3v) is 21.8. The summed E-state index contributed by atoms with van der Waals surface area (Å²) in [4.78, 5) is 73.1. The maximum Gasteiger partial charge on any atom is 0.472 e. The molecule has 0 fully saturated rings. The lowest BCUT2D eigenvalue weighted by molar-refractivity contribution is -0.161. The molecule has 0 aliphatic rings. The van der Waals surface area contributed by atoms with Crippen LogP contribution in [-0.2, 0) is 65.4 Å². The molecule has 3 N–H and O–H groups in total. The second-order valence-electron chi connectivity index (χ2n) is 31.9. The molecule has 612 valence electrons. The average molecular weight is 1510 g/mol. The van der Waals surface area contributed by atoms with Gasteiger partial charge < -0.3 is 33.8 Å². The van der Waals surface area contributed by atoms with E-state index in [1.54, 1.807) is 0 Å². The Balaban J connectivity index is 5.23. The second-order valence-corrected chi connectivity index (χ2v) is 34.8. The fourth-order valence-electron chi connectivity index (χ4n) is 12.9. The van der Waals surface area contributed by atoms with E-state index in [2.05, 4.69) is 55.4 Å². The van der Waals surface area contributed by atoms with Crippen molar-refractivity contribution in [1.82, 2.24) is 0 Å². The zero-order chi connectivity index (χ0) is 76.0. The highest BCUT2D eigenvalue weighted by atomic mass is 31.2. The number of rotatable bonds is 81. The fourth-order valence-corrected chi connectivity index (χ4v) is 14.5. The standard InChI is InChI=1S/C84H164O17P2/c1-9-77(8)63-55-47-42-43-49-57-65-82(87)95-71-80(101-84(89)66-58-50-40-34-28-22-15-11-10-13-18-24-30-36-44-52-60-74(2)3)73-99-103(92,93)97-69-78(85)68-96-102(90,91)98-72-79(100-83(88)67-59-51-41-35-29-23-17-20-26-32-38-46-54-62-76(6)7)70-94-81(86)64-56-48-39-33-27-21-16-12-14-19-25-31-37-45-53-61-75(4)5/h74-80,85H,9-73H2,1-8H3,(H,90,91)(H,92,93)/t77?,78-,79-,80-/m1/s1. The normalized spacial score (nSPS) is 14.2. The molecule has 0 rings (SSSR count). The van der Waals surface area contributed by atoms with Crippen molar-refractivity contribution in [1.29, 1.82) is 0 Å². The monoisotopic (exact) mass is 1510 g/mol. The summed E-state index contributed by atoms with van der Waals surface area (Å²) in [7, 11) is -9.93. The van der Waals surface area contributed by atoms with Crippen molar-refractivity contribution in [3.63, 3.8) is 0 Å². The van der Waals surface area contributed by atoms with Gasteiger partial charge in [0.15, 0.2) is 12.2 Å². The van der Waals surface area contributed by atoms with Crippen LogP contribution in [0.15, 0.2) is 0 Å². The molecule has 0 aromatic heterocycles. The summed E-state index contributed by atoms with van der Waals surface area (Å²) in [6, 6.07) is 0. The van der Waals surface area contributed by atoms with E-state index in [9.17, 15) is 43.2 Å². The Morgan fingerprint density at radius 3 is 0.689 bits per heavy atom. The van der Waals surface area contributed by atoms with E-state index in [0.29, 0.717) is 25.7 Å². The van der Waals surface area contributed by atoms with Gasteiger partial charge in [0.2, 0.25) is 0 Å². The number of carbonyl (C=O) groups is 4. The summed E-state index contributed by atoms with van der Waals surface area (Å²) in [6.07, 6.45) is 61.1. The van der Waals surface area contributed by atoms with Crippen LogP contribution in [0.2, 0.25) is 0 Å². The highest BCUT2D eigenvalue weighted by Crippen LogP contribution is 2.45. The Labute approximate surface area is 632 Å². The zero-order valence-electron chi connectivity index (χ0n) is 68.0. The number of esters is 4. The molecule has 0 aliphatic carbocycles. The van der Waals surface area contributed by atoms with Gasteiger partial charge in [-0.1, -0.05) is 383 Å². The quantitative estimate of drug-likeness (QED) is 0.0222. The van der Waals surface area contributed by atoms with Crippen LogP contribution in [0.5, 0.6) is 0 Å². The number of carbonyl (C=O) groups excluding carboxylic acids is 4. The Bertz CT molecular complexity index is 2010. The Kier molecular flexibility index (Phi) is 71.5. The molecule has 0 radical (unpaired) electrons. The molecule has 17 nitrogen and oxygen atoms in total. The van der Waals surface area contributed by atoms with Gasteiger partial charge in [-0.3, -0.25) is 37.3 Å². The molecule has 0 aliphatic heterocycles. The Morgan fingerprint density at radius 1 is 0.272 bits per heavy atom. The molecule has 0 spiro atoms. The van der Waals surface area contributed by atoms with Crippen LogP contribution >= 0.6 is 15.6 Å². The molecule has 103 heavy (non-hydrogen) atoms. The van der Waals surface area contributed by atoms with Crippen molar-refractivity contribution >= 4 is 39.5 Å². The average Bonchev–Trinajstić information content (AvgIpc) is 0.905. The van der Waals surface area contributed by atoms with E-state index in [-0.39, 0.29) is 25.7 Å². The first kappa shape index (κ1) is 101. The topological polar surface area (TPSA) is 237 Å². The third kappa shape index (κ3) is 76.6. The molecule has 0 saturated carbocycles. The van der Waals surface area contributed by atoms with E-state index >= 15 is 0 Å². The first-order chi connectivity index (χ1) is 49.6. The van der Waals surface area contributed by atoms with Gasteiger partial charge in [-0.2, -0.15) is 0 Å². The van der Waals surface area contributed by atoms with Crippen LogP contribution in [0.25, 0.3) is 0 Å². The largest absolute Gasteiger partial charge is 0.472 e. The SMILES string of the molecule is CCC(C)CCCCCCCCC(=O)OC[C@H](COP(=O)(O)OC[C@H](O)COP(=O)(O)OC[C@@H](COC(=O)CCCCCCCCCCCCCCCCCC(C)C)OC(=O)CCCCCCCCCCCCCCCC(C)C)OC(=O)CCCCCCCCCCCCCCCCCCC(C)C. The van der Waals surface area contributed by atoms with Crippen LogP contribution in [0.1, 0.15) is 434 Å². The molecule has 0 saturated heterocycles. The smallest absolute Gasteiger partial charge is 0.462 e. The van der Waals surface area contributed by atoms with Crippen molar-refractivity contribution in [3.05, 3.63) is 0 Å². The molecule has 0 bridgehead atoms. The summed E-state index contributed by atoms with van der Waals surface area (Å²) < 4.78 is 68.8. The highest BCUT2D eigenvalue weighted by Gasteiger charge is 2.30. The summed E-state index contributed by atoms with van der Waals surface area (Å²) in [5.41, 5.74) is 0. The number of hydrogen-bond donors (Lipinski definition) is 3. The fraction of sp³-hybridized carbons (Fsp3) is 0.952. The van der Waals surface area contributed by atoms with Crippen LogP contribution in [0.4, 0.5) is 0 Å². The number of phosphoric acid groups is 2. The van der Waals surface area contributed by atoms with Gasteiger partial charge >= 0.3 is 39.5 Å². The summed E-state index contributed by atoms with van der Waals surface area (Å²) >= 11 is 0. The van der Waals surface area contributed by atoms with Crippen LogP contribution in [-0.4, -0.2) is 96.7 Å². The first-order valence-corrected chi connectivity index (χ1v) is 46.2. The van der Waals surface area contributed by atoms with Crippen LogP contribution < -0.4 is 0 Å². The maximum atomic E-state index is 13.1. The van der Waals surface area contributed by atoms with Crippen molar-refractivity contribution in [3.8, 4) is 0 Å². The van der Waals surface area contributed by atoms with E-state index in [1.807, 2.05) is 0 Å². The van der Waals surface area contributed by atoms with Crippen LogP contribution in [0, 0.1) is 23.7 Å². The van der Waals surface area contributed by atoms with E-state index in [1.165, 1.54) is 231 Å². The molecule has 0 heterocycles. The van der Waals surface area contributed by atoms with E-state index < -0.39 is 97.5 Å². The van der Waals surface area contributed by atoms with Crippen molar-refractivity contribution < 1.29 is 80.2 Å². The lowest BCUT2D eigenvalue weighted by Crippen LogP contribution is -2.30. The molecule has 19 heteroatoms. The Hall–Kier alpha value is -1.94. The number of hydrogen-bond acceptors (Lipinski definition) is 15. The number of phosphoric ester groups is 2. The van der Waals surface area contributed by atoms with Gasteiger partial charge in [-0.05, 0) is 49.4 Å². The summed E-state index contributed by atoms with van der Waals surface area (Å²) in [5, 5.41) is 10.7. The molecular weight excluding hydrogens is 1340 g/mol. The van der Waals surface area contributed by atoms with Gasteiger partial charge in [0.1, 0.15) is 19.3 Å². The van der Waals surface area contributed by atoms with Gasteiger partial charge in [-0.25, -0.2) is 9.13 Å². The molecule has 3 unspecified atom stereocenters. The molecule has 6 atom stereocenters. The molecule has 0 aromatic rings. The minimum Gasteiger partial charge on any atom is -0.462 e. The zero-order valence-corrected chi connectivity index (χ0v) is 69.7. The Morgan fingerprint density at radius 2 is 0.466 bits per heavy atom. The van der Waals surface area contributed by atoms with E-state index in [0.717, 1.165) is 120 Å². The van der Waals surface area contributed by atoms with Gasteiger partial charge in [0.25, 0.3) is 0 Å². The summed E-state index contributed by atoms with van der Waals surface area (Å²) in [5.74, 6) is 1.02. The van der Waals surface area contributed by atoms with Gasteiger partial charge in [-0.15, -0.1) is 0 Å². The highest BCUT2D eigenvalue weighted by molar-refractivity contribution is 7.47. The minimum atomic E-state index is -4.96. The van der Waals surface area contributed by atoms with Gasteiger partial charge in [0.05, 0.1) is 26.4 Å². The molecule has 0 amide bonds. The second kappa shape index (κ2) is 72.9. The lowest BCUT2D eigenvalue weighted by Gasteiger charge is -2.21. The first-order valence-electron chi connectivity index (χ1n) is 43.2. The minimum absolute atomic E-state index is 0.107. The predicted octanol–water partition coefficient (Wildman–Crippen LogP) is 25.2. The van der Waals surface area contributed by atoms with Crippen molar-refractivity contribution in [2.45, 2.75) is 453 Å².